The van der Waals surface area contributed by atoms with E-state index in [-0.39, 0.29) is 30.4 Å². The van der Waals surface area contributed by atoms with Crippen molar-refractivity contribution in [3.63, 3.8) is 0 Å². The zero-order valence-electron chi connectivity index (χ0n) is 18.1. The van der Waals surface area contributed by atoms with Gasteiger partial charge in [0.25, 0.3) is 10.0 Å². The van der Waals surface area contributed by atoms with E-state index < -0.39 is 33.9 Å². The quantitative estimate of drug-likeness (QED) is 0.646. The average Bonchev–Trinajstić information content (AvgIpc) is 2.88. The molecule has 2 N–H and O–H groups in total. The molecular formula is C19H29N5O6S. The van der Waals surface area contributed by atoms with E-state index in [4.69, 9.17) is 9.47 Å². The molecule has 0 bridgehead atoms. The van der Waals surface area contributed by atoms with Crippen LogP contribution in [0.2, 0.25) is 0 Å². The Hall–Kier alpha value is -2.73. The van der Waals surface area contributed by atoms with Gasteiger partial charge in [0.2, 0.25) is 0 Å². The van der Waals surface area contributed by atoms with E-state index in [0.717, 1.165) is 0 Å². The Morgan fingerprint density at radius 1 is 1.29 bits per heavy atom. The molecule has 11 nitrogen and oxygen atoms in total. The molecule has 12 heteroatoms. The molecule has 2 heterocycles. The van der Waals surface area contributed by atoms with Gasteiger partial charge < -0.3 is 14.8 Å². The van der Waals surface area contributed by atoms with Gasteiger partial charge in [-0.25, -0.2) is 28.4 Å². The number of carbonyl (C=O) groups excluding carboxylic acids is 2. The normalized spacial score (nSPS) is 19.4. The highest BCUT2D eigenvalue weighted by atomic mass is 32.2. The van der Waals surface area contributed by atoms with Crippen molar-refractivity contribution < 1.29 is 27.5 Å². The van der Waals surface area contributed by atoms with E-state index in [0.29, 0.717) is 12.8 Å². The van der Waals surface area contributed by atoms with Crippen molar-refractivity contribution in [1.29, 1.82) is 0 Å². The van der Waals surface area contributed by atoms with Gasteiger partial charge in [0.15, 0.2) is 5.03 Å². The van der Waals surface area contributed by atoms with Crippen LogP contribution in [0.3, 0.4) is 0 Å². The van der Waals surface area contributed by atoms with Crippen LogP contribution in [0.5, 0.6) is 0 Å². The highest BCUT2D eigenvalue weighted by Crippen LogP contribution is 2.19. The zero-order chi connectivity index (χ0) is 23.1. The van der Waals surface area contributed by atoms with Crippen LogP contribution in [-0.4, -0.2) is 66.9 Å². The van der Waals surface area contributed by atoms with E-state index >= 15 is 0 Å². The van der Waals surface area contributed by atoms with Crippen molar-refractivity contribution in [2.45, 2.75) is 57.2 Å². The summed E-state index contributed by atoms with van der Waals surface area (Å²) in [5.41, 5.74) is 1.78. The molecule has 1 atom stereocenters. The Balaban J connectivity index is 2.28. The first-order valence-corrected chi connectivity index (χ1v) is 11.4. The summed E-state index contributed by atoms with van der Waals surface area (Å²) in [7, 11) is -3.89. The van der Waals surface area contributed by atoms with Crippen LogP contribution in [0.25, 0.3) is 0 Å². The van der Waals surface area contributed by atoms with Crippen LogP contribution in [0.1, 0.15) is 40.5 Å². The molecule has 1 aromatic heterocycles. The Labute approximate surface area is 182 Å². The van der Waals surface area contributed by atoms with Crippen LogP contribution in [0, 0.1) is 0 Å². The second-order valence-corrected chi connectivity index (χ2v) is 9.67. The number of amides is 2. The monoisotopic (exact) mass is 455 g/mol. The number of alkyl carbamates (subject to hydrolysis) is 1. The molecule has 31 heavy (non-hydrogen) atoms. The van der Waals surface area contributed by atoms with Crippen molar-refractivity contribution in [3.8, 4) is 0 Å². The predicted molar refractivity (Wildman–Crippen MR) is 113 cm³/mol. The van der Waals surface area contributed by atoms with E-state index in [2.05, 4.69) is 20.8 Å². The van der Waals surface area contributed by atoms with Gasteiger partial charge >= 0.3 is 12.2 Å². The Morgan fingerprint density at radius 3 is 2.65 bits per heavy atom. The predicted octanol–water partition coefficient (Wildman–Crippen LogP) is 1.86. The molecule has 2 rings (SSSR count). The number of sulfonamides is 1. The summed E-state index contributed by atoms with van der Waals surface area (Å²) in [6.07, 6.45) is 0.799. The first-order valence-electron chi connectivity index (χ1n) is 9.93. The molecule has 1 fully saturated rings. The summed E-state index contributed by atoms with van der Waals surface area (Å²) in [6, 6.07) is 3.98. The lowest BCUT2D eigenvalue weighted by Gasteiger charge is -2.24. The fourth-order valence-corrected chi connectivity index (χ4v) is 4.23. The third kappa shape index (κ3) is 7.47. The second kappa shape index (κ2) is 10.5. The fraction of sp³-hybridized carbons (Fsp3) is 0.579. The van der Waals surface area contributed by atoms with Crippen molar-refractivity contribution in [1.82, 2.24) is 20.0 Å². The number of ether oxygens (including phenoxy) is 2. The second-order valence-electron chi connectivity index (χ2n) is 7.78. The van der Waals surface area contributed by atoms with Gasteiger partial charge in [-0.1, -0.05) is 6.07 Å². The Morgan fingerprint density at radius 2 is 2.03 bits per heavy atom. The first-order chi connectivity index (χ1) is 14.5. The van der Waals surface area contributed by atoms with Gasteiger partial charge in [0.05, 0.1) is 24.9 Å². The van der Waals surface area contributed by atoms with Crippen molar-refractivity contribution in [2.24, 2.45) is 5.10 Å². The fourth-order valence-electron chi connectivity index (χ4n) is 2.84. The lowest BCUT2D eigenvalue weighted by Crippen LogP contribution is -2.46. The van der Waals surface area contributed by atoms with E-state index in [1.807, 2.05) is 0 Å². The molecule has 0 saturated carbocycles. The third-order valence-electron chi connectivity index (χ3n) is 4.14. The maximum absolute atomic E-state index is 13.0. The lowest BCUT2D eigenvalue weighted by atomic mass is 10.1. The minimum absolute atomic E-state index is 0.0914. The minimum Gasteiger partial charge on any atom is -0.449 e. The van der Waals surface area contributed by atoms with Crippen molar-refractivity contribution in [2.75, 3.05) is 19.7 Å². The van der Waals surface area contributed by atoms with Gasteiger partial charge in [0.1, 0.15) is 5.60 Å². The van der Waals surface area contributed by atoms with Crippen molar-refractivity contribution >= 4 is 27.9 Å². The maximum Gasteiger partial charge on any atom is 0.427 e. The maximum atomic E-state index is 13.0. The number of pyridine rings is 1. The van der Waals surface area contributed by atoms with Crippen LogP contribution < -0.4 is 10.7 Å². The summed E-state index contributed by atoms with van der Waals surface area (Å²) in [5, 5.41) is 6.67. The van der Waals surface area contributed by atoms with Gasteiger partial charge in [-0.3, -0.25) is 0 Å². The highest BCUT2D eigenvalue weighted by Gasteiger charge is 2.33. The Bertz CT molecular complexity index is 898. The summed E-state index contributed by atoms with van der Waals surface area (Å²) in [4.78, 5) is 27.9. The number of nitrogens with one attached hydrogen (secondary N) is 2. The highest BCUT2D eigenvalue weighted by molar-refractivity contribution is 7.89. The molecule has 1 aliphatic heterocycles. The van der Waals surface area contributed by atoms with Crippen LogP contribution in [-0.2, 0) is 19.5 Å². The summed E-state index contributed by atoms with van der Waals surface area (Å²) < 4.78 is 37.4. The molecular weight excluding hydrogens is 426 g/mol. The summed E-state index contributed by atoms with van der Waals surface area (Å²) in [5.74, 6) is 0. The lowest BCUT2D eigenvalue weighted by molar-refractivity contribution is 0.0516. The van der Waals surface area contributed by atoms with Gasteiger partial charge in [-0.05, 0) is 52.7 Å². The largest absolute Gasteiger partial charge is 0.449 e. The number of rotatable bonds is 5. The van der Waals surface area contributed by atoms with E-state index in [1.54, 1.807) is 39.8 Å². The van der Waals surface area contributed by atoms with E-state index in [1.165, 1.54) is 16.6 Å². The number of hydrogen-bond acceptors (Lipinski definition) is 8. The van der Waals surface area contributed by atoms with Crippen LogP contribution in [0.4, 0.5) is 9.59 Å². The molecule has 0 radical (unpaired) electrons. The molecule has 1 unspecified atom stereocenters. The molecule has 1 aromatic rings. The zero-order valence-corrected chi connectivity index (χ0v) is 18.9. The van der Waals surface area contributed by atoms with Gasteiger partial charge in [-0.2, -0.15) is 9.41 Å². The Kier molecular flexibility index (Phi) is 8.34. The number of hydrazone groups is 1. The van der Waals surface area contributed by atoms with Gasteiger partial charge in [-0.15, -0.1) is 0 Å². The number of nitrogens with zero attached hydrogens (tertiary/aromatic N) is 3. The smallest absolute Gasteiger partial charge is 0.427 e. The topological polar surface area (TPSA) is 139 Å². The summed E-state index contributed by atoms with van der Waals surface area (Å²) in [6.45, 7) is 7.05. The molecule has 0 aliphatic carbocycles. The van der Waals surface area contributed by atoms with Crippen LogP contribution >= 0.6 is 0 Å². The number of carbonyl (C=O) groups is 2. The van der Waals surface area contributed by atoms with E-state index in [9.17, 15) is 18.0 Å². The molecule has 172 valence electrons. The summed E-state index contributed by atoms with van der Waals surface area (Å²) >= 11 is 0. The van der Waals surface area contributed by atoms with Gasteiger partial charge in [0, 0.05) is 12.7 Å². The number of hydrogen-bond donors (Lipinski definition) is 2. The molecule has 1 saturated heterocycles. The minimum atomic E-state index is -3.89. The standard InChI is InChI=1S/C19H29N5O6S/c1-5-29-18(26)23-22-15-13-24(31(27,28)16-10-6-7-11-20-16)12-8-9-14(15)21-17(25)30-19(2,3)4/h6-7,10-11,14H,5,8-9,12-13H2,1-4H3,(H,21,25)(H,23,26)/b22-15-. The SMILES string of the molecule is CCOC(=O)N/N=C1/CN(S(=O)(=O)c2ccccn2)CCCC1NC(=O)OC(C)(C)C. The van der Waals surface area contributed by atoms with Crippen LogP contribution in [0.15, 0.2) is 34.5 Å². The molecule has 1 aliphatic rings. The van der Waals surface area contributed by atoms with Crippen molar-refractivity contribution in [3.05, 3.63) is 24.4 Å². The molecule has 0 aromatic carbocycles. The average molecular weight is 456 g/mol. The first kappa shape index (κ1) is 24.5. The third-order valence-corrected chi connectivity index (χ3v) is 5.90. The molecule has 0 spiro atoms. The molecule has 2 amide bonds. The number of aromatic nitrogens is 1.